The van der Waals surface area contributed by atoms with E-state index in [1.54, 1.807) is 7.05 Å². The summed E-state index contributed by atoms with van der Waals surface area (Å²) < 4.78 is 0. The number of nitrogens with zero attached hydrogens (tertiary/aromatic N) is 1. The summed E-state index contributed by atoms with van der Waals surface area (Å²) in [6.07, 6.45) is 2.47. The molecule has 3 rings (SSSR count). The second kappa shape index (κ2) is 5.26. The third-order valence-electron chi connectivity index (χ3n) is 4.24. The van der Waals surface area contributed by atoms with Crippen molar-refractivity contribution in [2.24, 2.45) is 5.92 Å². The van der Waals surface area contributed by atoms with Gasteiger partial charge in [-0.25, -0.2) is 0 Å². The van der Waals surface area contributed by atoms with E-state index in [1.165, 1.54) is 12.8 Å². The summed E-state index contributed by atoms with van der Waals surface area (Å²) in [4.78, 5) is 14.2. The van der Waals surface area contributed by atoms with Crippen molar-refractivity contribution in [1.29, 1.82) is 0 Å². The van der Waals surface area contributed by atoms with Gasteiger partial charge in [-0.2, -0.15) is 0 Å². The second-order valence-electron chi connectivity index (χ2n) is 5.80. The number of carbonyl (C=O) groups is 1. The van der Waals surface area contributed by atoms with E-state index in [1.807, 2.05) is 12.1 Å². The predicted molar refractivity (Wildman–Crippen MR) is 82.5 cm³/mol. The molecule has 0 spiro atoms. The summed E-state index contributed by atoms with van der Waals surface area (Å²) in [5.74, 6) is 0.676. The first-order valence-corrected chi connectivity index (χ1v) is 7.54. The number of likely N-dealkylation sites (N-methyl/N-ethyl adjacent to an activating group) is 1. The molecule has 0 aromatic heterocycles. The molecular weight excluding hydrogens is 274 g/mol. The Kier molecular flexibility index (Phi) is 3.61. The molecule has 2 aliphatic rings. The van der Waals surface area contributed by atoms with Gasteiger partial charge in [0.05, 0.1) is 10.7 Å². The number of carbonyl (C=O) groups excluding carboxylic acids is 1. The Morgan fingerprint density at radius 3 is 2.95 bits per heavy atom. The molecule has 1 aromatic carbocycles. The quantitative estimate of drug-likeness (QED) is 0.881. The van der Waals surface area contributed by atoms with Crippen molar-refractivity contribution >= 4 is 28.9 Å². The average molecular weight is 294 g/mol. The third kappa shape index (κ3) is 2.27. The van der Waals surface area contributed by atoms with E-state index in [4.69, 9.17) is 11.6 Å². The van der Waals surface area contributed by atoms with Crippen LogP contribution in [0.25, 0.3) is 0 Å². The molecule has 1 fully saturated rings. The number of hydrogen-bond acceptors (Lipinski definition) is 3. The molecule has 2 atom stereocenters. The fourth-order valence-electron chi connectivity index (χ4n) is 3.21. The van der Waals surface area contributed by atoms with Gasteiger partial charge < -0.3 is 15.5 Å². The number of amides is 1. The summed E-state index contributed by atoms with van der Waals surface area (Å²) in [7, 11) is 1.79. The van der Waals surface area contributed by atoms with Crippen molar-refractivity contribution in [1.82, 2.24) is 5.32 Å². The van der Waals surface area contributed by atoms with Gasteiger partial charge in [0.2, 0.25) is 5.91 Å². The highest BCUT2D eigenvalue weighted by Crippen LogP contribution is 2.39. The highest BCUT2D eigenvalue weighted by molar-refractivity contribution is 6.33. The van der Waals surface area contributed by atoms with Crippen molar-refractivity contribution < 1.29 is 4.79 Å². The molecule has 2 aliphatic heterocycles. The molecule has 1 saturated heterocycles. The van der Waals surface area contributed by atoms with Crippen LogP contribution in [0.2, 0.25) is 5.02 Å². The van der Waals surface area contributed by atoms with E-state index in [2.05, 4.69) is 22.5 Å². The van der Waals surface area contributed by atoms with Crippen molar-refractivity contribution in [3.8, 4) is 0 Å². The maximum absolute atomic E-state index is 11.9. The van der Waals surface area contributed by atoms with Crippen molar-refractivity contribution in [3.05, 3.63) is 22.7 Å². The molecular formula is C15H20ClN3O. The van der Waals surface area contributed by atoms with E-state index < -0.39 is 0 Å². The average Bonchev–Trinajstić information content (AvgIpc) is 2.72. The summed E-state index contributed by atoms with van der Waals surface area (Å²) in [5.41, 5.74) is 2.86. The first-order chi connectivity index (χ1) is 9.60. The minimum atomic E-state index is -0.295. The van der Waals surface area contributed by atoms with E-state index in [0.717, 1.165) is 35.1 Å². The monoisotopic (exact) mass is 293 g/mol. The van der Waals surface area contributed by atoms with Gasteiger partial charge in [-0.1, -0.05) is 18.5 Å². The first kappa shape index (κ1) is 13.7. The van der Waals surface area contributed by atoms with Gasteiger partial charge in [0.1, 0.15) is 6.04 Å². The van der Waals surface area contributed by atoms with E-state index in [-0.39, 0.29) is 11.9 Å². The zero-order valence-corrected chi connectivity index (χ0v) is 12.6. The van der Waals surface area contributed by atoms with Crippen LogP contribution in [-0.4, -0.2) is 26.0 Å². The fraction of sp³-hybridized carbons (Fsp3) is 0.533. The SMILES string of the molecule is CNC1C(=O)Nc2cc(N3CCCC(C)C3)c(Cl)cc21. The number of piperidine rings is 1. The molecule has 4 nitrogen and oxygen atoms in total. The molecule has 1 amide bonds. The molecule has 5 heteroatoms. The maximum Gasteiger partial charge on any atom is 0.246 e. The van der Waals surface area contributed by atoms with E-state index in [0.29, 0.717) is 5.92 Å². The maximum atomic E-state index is 11.9. The van der Waals surface area contributed by atoms with Gasteiger partial charge in [-0.3, -0.25) is 4.79 Å². The standard InChI is InChI=1S/C15H20ClN3O/c1-9-4-3-5-19(8-9)13-7-12-10(6-11(13)16)14(17-2)15(20)18-12/h6-7,9,14,17H,3-5,8H2,1-2H3,(H,18,20). The summed E-state index contributed by atoms with van der Waals surface area (Å²) in [6, 6.07) is 3.65. The van der Waals surface area contributed by atoms with Gasteiger partial charge in [-0.05, 0) is 37.9 Å². The second-order valence-corrected chi connectivity index (χ2v) is 6.20. The van der Waals surface area contributed by atoms with Crippen LogP contribution in [0.4, 0.5) is 11.4 Å². The zero-order chi connectivity index (χ0) is 14.3. The van der Waals surface area contributed by atoms with Crippen molar-refractivity contribution in [2.45, 2.75) is 25.8 Å². The Bertz CT molecular complexity index is 546. The molecule has 2 heterocycles. The van der Waals surface area contributed by atoms with Crippen molar-refractivity contribution in [2.75, 3.05) is 30.4 Å². The smallest absolute Gasteiger partial charge is 0.246 e. The lowest BCUT2D eigenvalue weighted by molar-refractivity contribution is -0.117. The number of fused-ring (bicyclic) bond motifs is 1. The first-order valence-electron chi connectivity index (χ1n) is 7.16. The van der Waals surface area contributed by atoms with Gasteiger partial charge in [0.15, 0.2) is 0 Å². The zero-order valence-electron chi connectivity index (χ0n) is 11.9. The Morgan fingerprint density at radius 1 is 1.45 bits per heavy atom. The minimum absolute atomic E-state index is 0.0114. The van der Waals surface area contributed by atoms with E-state index >= 15 is 0 Å². The molecule has 0 aliphatic carbocycles. The number of nitrogens with one attached hydrogen (secondary N) is 2. The largest absolute Gasteiger partial charge is 0.370 e. The Morgan fingerprint density at radius 2 is 2.25 bits per heavy atom. The lowest BCUT2D eigenvalue weighted by Crippen LogP contribution is -2.34. The van der Waals surface area contributed by atoms with Crippen LogP contribution in [0, 0.1) is 5.92 Å². The van der Waals surface area contributed by atoms with Gasteiger partial charge in [0, 0.05) is 24.3 Å². The summed E-state index contributed by atoms with van der Waals surface area (Å²) in [5, 5.41) is 6.68. The molecule has 20 heavy (non-hydrogen) atoms. The highest BCUT2D eigenvalue weighted by atomic mass is 35.5. The number of halogens is 1. The van der Waals surface area contributed by atoms with Gasteiger partial charge in [0.25, 0.3) is 0 Å². The van der Waals surface area contributed by atoms with Gasteiger partial charge in [-0.15, -0.1) is 0 Å². The summed E-state index contributed by atoms with van der Waals surface area (Å²) >= 11 is 6.45. The lowest BCUT2D eigenvalue weighted by atomic mass is 9.99. The fourth-order valence-corrected chi connectivity index (χ4v) is 3.50. The van der Waals surface area contributed by atoms with Crippen LogP contribution in [0.1, 0.15) is 31.4 Å². The Labute approximate surface area is 124 Å². The van der Waals surface area contributed by atoms with Crippen LogP contribution in [0.15, 0.2) is 12.1 Å². The lowest BCUT2D eigenvalue weighted by Gasteiger charge is -2.33. The molecule has 0 bridgehead atoms. The Hall–Kier alpha value is -1.26. The third-order valence-corrected chi connectivity index (χ3v) is 4.54. The van der Waals surface area contributed by atoms with Crippen LogP contribution < -0.4 is 15.5 Å². The minimum Gasteiger partial charge on any atom is -0.370 e. The van der Waals surface area contributed by atoms with Crippen LogP contribution in [0.3, 0.4) is 0 Å². The number of anilines is 2. The molecule has 108 valence electrons. The topological polar surface area (TPSA) is 44.4 Å². The molecule has 2 N–H and O–H groups in total. The molecule has 2 unspecified atom stereocenters. The van der Waals surface area contributed by atoms with E-state index in [9.17, 15) is 4.79 Å². The van der Waals surface area contributed by atoms with Crippen LogP contribution in [0.5, 0.6) is 0 Å². The van der Waals surface area contributed by atoms with Crippen molar-refractivity contribution in [3.63, 3.8) is 0 Å². The molecule has 1 aromatic rings. The normalized spacial score (nSPS) is 25.6. The van der Waals surface area contributed by atoms with Gasteiger partial charge >= 0.3 is 0 Å². The highest BCUT2D eigenvalue weighted by Gasteiger charge is 2.31. The predicted octanol–water partition coefficient (Wildman–Crippen LogP) is 2.79. The molecule has 0 saturated carbocycles. The Balaban J connectivity index is 1.95. The number of hydrogen-bond donors (Lipinski definition) is 2. The summed E-state index contributed by atoms with van der Waals surface area (Å²) in [6.45, 7) is 4.33. The van der Waals surface area contributed by atoms with Crippen LogP contribution in [-0.2, 0) is 4.79 Å². The van der Waals surface area contributed by atoms with Crippen LogP contribution >= 0.6 is 11.6 Å². The number of benzene rings is 1. The number of rotatable bonds is 2. The molecule has 0 radical (unpaired) electrons.